The Balaban J connectivity index is 0. The molecule has 0 atom stereocenters. The summed E-state index contributed by atoms with van der Waals surface area (Å²) in [5.41, 5.74) is 0.555. The molecule has 0 saturated heterocycles. The molecule has 0 spiro atoms. The monoisotopic (exact) mass is 222 g/mol. The number of ether oxygens (including phenoxy) is 1. The molecule has 1 nitrogen and oxygen atoms in total. The van der Waals surface area contributed by atoms with Gasteiger partial charge in [0.15, 0.2) is 0 Å². The number of hydrogen-bond acceptors (Lipinski definition) is 1. The molecular weight excluding hydrogens is 205 g/mol. The second-order valence-electron chi connectivity index (χ2n) is 2.31. The summed E-state index contributed by atoms with van der Waals surface area (Å²) in [7, 11) is 0. The molecule has 0 saturated carbocycles. The molecule has 0 aromatic rings. The maximum atomic E-state index is 11.7. The quantitative estimate of drug-likeness (QED) is 0.499. The molecule has 0 unspecified atom stereocenters. The van der Waals surface area contributed by atoms with Gasteiger partial charge in [-0.1, -0.05) is 39.5 Å². The van der Waals surface area contributed by atoms with Gasteiger partial charge in [0, 0.05) is 0 Å². The van der Waals surface area contributed by atoms with Gasteiger partial charge < -0.3 is 4.74 Å². The fourth-order valence-electron chi connectivity index (χ4n) is 0.567. The summed E-state index contributed by atoms with van der Waals surface area (Å²) in [6.45, 7) is 12.5. The minimum Gasteiger partial charge on any atom is -0.406 e. The first-order chi connectivity index (χ1) is 6.89. The van der Waals surface area contributed by atoms with Gasteiger partial charge in [0.05, 0.1) is 0 Å². The van der Waals surface area contributed by atoms with Crippen LogP contribution in [0.1, 0.15) is 27.2 Å². The molecule has 0 heterocycles. The molecule has 0 fully saturated rings. The lowest BCUT2D eigenvalue weighted by Gasteiger charge is -2.09. The van der Waals surface area contributed by atoms with Gasteiger partial charge in [-0.2, -0.15) is 0 Å². The van der Waals surface area contributed by atoms with Crippen LogP contribution in [0.3, 0.4) is 0 Å². The van der Waals surface area contributed by atoms with Crippen LogP contribution < -0.4 is 0 Å². The first kappa shape index (κ1) is 16.2. The number of halogens is 3. The molecule has 88 valence electrons. The predicted molar refractivity (Wildman–Crippen MR) is 56.2 cm³/mol. The van der Waals surface area contributed by atoms with Crippen molar-refractivity contribution < 1.29 is 17.9 Å². The molecule has 0 aliphatic carbocycles. The first-order valence-electron chi connectivity index (χ1n) is 4.66. The van der Waals surface area contributed by atoms with E-state index in [9.17, 15) is 13.2 Å². The van der Waals surface area contributed by atoms with Crippen LogP contribution in [-0.2, 0) is 4.74 Å². The second-order valence-corrected chi connectivity index (χ2v) is 2.31. The van der Waals surface area contributed by atoms with Gasteiger partial charge in [0.2, 0.25) is 0 Å². The highest BCUT2D eigenvalue weighted by Gasteiger charge is 2.31. The van der Waals surface area contributed by atoms with E-state index in [4.69, 9.17) is 0 Å². The van der Waals surface area contributed by atoms with E-state index in [0.717, 1.165) is 6.08 Å². The lowest BCUT2D eigenvalue weighted by molar-refractivity contribution is -0.303. The zero-order valence-electron chi connectivity index (χ0n) is 9.32. The Morgan fingerprint density at radius 1 is 1.33 bits per heavy atom. The Bertz CT molecular complexity index is 226. The lowest BCUT2D eigenvalue weighted by Crippen LogP contribution is -2.12. The van der Waals surface area contributed by atoms with E-state index < -0.39 is 6.36 Å². The molecule has 0 aliphatic rings. The van der Waals surface area contributed by atoms with Crippen LogP contribution >= 0.6 is 0 Å². The summed E-state index contributed by atoms with van der Waals surface area (Å²) in [6.07, 6.45) is -1.90. The minimum atomic E-state index is -4.67. The third-order valence-electron chi connectivity index (χ3n) is 1.24. The average molecular weight is 222 g/mol. The maximum Gasteiger partial charge on any atom is 0.573 e. The van der Waals surface area contributed by atoms with E-state index in [1.807, 2.05) is 13.8 Å². The maximum absolute atomic E-state index is 11.7. The van der Waals surface area contributed by atoms with Crippen LogP contribution in [0, 0.1) is 0 Å². The summed E-state index contributed by atoms with van der Waals surface area (Å²) in [5.74, 6) is -0.334. The summed E-state index contributed by atoms with van der Waals surface area (Å²) >= 11 is 0. The highest BCUT2D eigenvalue weighted by Crippen LogP contribution is 2.22. The molecule has 0 rings (SSSR count). The molecule has 0 N–H and O–H groups in total. The molecule has 0 aromatic carbocycles. The molecule has 0 aliphatic heterocycles. The Hall–Kier alpha value is -1.19. The van der Waals surface area contributed by atoms with E-state index in [-0.39, 0.29) is 5.76 Å². The zero-order chi connectivity index (χ0) is 12.5. The van der Waals surface area contributed by atoms with Crippen LogP contribution in [0.15, 0.2) is 36.6 Å². The van der Waals surface area contributed by atoms with Crippen molar-refractivity contribution in [2.45, 2.75) is 33.6 Å². The van der Waals surface area contributed by atoms with Crippen molar-refractivity contribution in [2.75, 3.05) is 0 Å². The summed E-state index contributed by atoms with van der Waals surface area (Å²) < 4.78 is 38.8. The van der Waals surface area contributed by atoms with Crippen LogP contribution in [0.4, 0.5) is 13.2 Å². The molecule has 0 bridgehead atoms. The smallest absolute Gasteiger partial charge is 0.406 e. The third-order valence-corrected chi connectivity index (χ3v) is 1.24. The fraction of sp³-hybridized carbons (Fsp3) is 0.455. The van der Waals surface area contributed by atoms with Crippen LogP contribution in [0.25, 0.3) is 0 Å². The molecule has 15 heavy (non-hydrogen) atoms. The first-order valence-corrected chi connectivity index (χ1v) is 4.66. The molecule has 4 heteroatoms. The summed E-state index contributed by atoms with van der Waals surface area (Å²) in [6, 6.07) is 0. The van der Waals surface area contributed by atoms with Gasteiger partial charge in [0.1, 0.15) is 5.76 Å². The number of alkyl halides is 3. The third kappa shape index (κ3) is 10.7. The van der Waals surface area contributed by atoms with Crippen molar-refractivity contribution in [3.63, 3.8) is 0 Å². The standard InChI is InChI=1S/C9H11F3O.C2H6/c1-4-7(3)6-8(5-2)13-9(10,11)12;1-2/h5-6H,2-4H2,1H3;1-2H3/b8-6+;. The molecule has 0 aromatic heterocycles. The number of allylic oxidation sites excluding steroid dienone is 3. The SMILES string of the molecule is C=C/C(=C\C(=C)CC)OC(F)(F)F.CC. The Kier molecular flexibility index (Phi) is 8.82. The zero-order valence-corrected chi connectivity index (χ0v) is 9.32. The van der Waals surface area contributed by atoms with Gasteiger partial charge in [-0.05, 0) is 18.6 Å². The van der Waals surface area contributed by atoms with E-state index in [2.05, 4.69) is 17.9 Å². The van der Waals surface area contributed by atoms with Gasteiger partial charge in [-0.3, -0.25) is 0 Å². The molecular formula is C11H17F3O. The van der Waals surface area contributed by atoms with Crippen molar-refractivity contribution in [1.29, 1.82) is 0 Å². The van der Waals surface area contributed by atoms with Gasteiger partial charge >= 0.3 is 6.36 Å². The number of rotatable bonds is 4. The van der Waals surface area contributed by atoms with Crippen molar-refractivity contribution in [3.8, 4) is 0 Å². The topological polar surface area (TPSA) is 9.23 Å². The van der Waals surface area contributed by atoms with Crippen molar-refractivity contribution in [2.24, 2.45) is 0 Å². The largest absolute Gasteiger partial charge is 0.573 e. The normalized spacial score (nSPS) is 11.2. The van der Waals surface area contributed by atoms with Gasteiger partial charge in [-0.15, -0.1) is 13.2 Å². The Morgan fingerprint density at radius 3 is 2.07 bits per heavy atom. The minimum absolute atomic E-state index is 0.334. The highest BCUT2D eigenvalue weighted by molar-refractivity contribution is 5.22. The summed E-state index contributed by atoms with van der Waals surface area (Å²) in [4.78, 5) is 0. The predicted octanol–water partition coefficient (Wildman–Crippen LogP) is 4.59. The van der Waals surface area contributed by atoms with E-state index >= 15 is 0 Å². The molecule has 0 radical (unpaired) electrons. The summed E-state index contributed by atoms with van der Waals surface area (Å²) in [5, 5.41) is 0. The average Bonchev–Trinajstić information content (AvgIpc) is 2.17. The van der Waals surface area contributed by atoms with Crippen molar-refractivity contribution >= 4 is 0 Å². The van der Waals surface area contributed by atoms with Crippen LogP contribution in [0.2, 0.25) is 0 Å². The highest BCUT2D eigenvalue weighted by atomic mass is 19.4. The van der Waals surface area contributed by atoms with Crippen LogP contribution in [0.5, 0.6) is 0 Å². The van der Waals surface area contributed by atoms with E-state index in [1.54, 1.807) is 6.92 Å². The van der Waals surface area contributed by atoms with Gasteiger partial charge in [-0.25, -0.2) is 0 Å². The van der Waals surface area contributed by atoms with Crippen LogP contribution in [-0.4, -0.2) is 6.36 Å². The fourth-order valence-corrected chi connectivity index (χ4v) is 0.567. The molecule has 0 amide bonds. The van der Waals surface area contributed by atoms with E-state index in [1.165, 1.54) is 6.08 Å². The Morgan fingerprint density at radius 2 is 1.80 bits per heavy atom. The number of hydrogen-bond donors (Lipinski definition) is 0. The lowest BCUT2D eigenvalue weighted by atomic mass is 10.2. The van der Waals surface area contributed by atoms with Gasteiger partial charge in [0.25, 0.3) is 0 Å². The van der Waals surface area contributed by atoms with Crippen molar-refractivity contribution in [3.05, 3.63) is 36.6 Å². The second kappa shape index (κ2) is 8.15. The van der Waals surface area contributed by atoms with Crippen molar-refractivity contribution in [1.82, 2.24) is 0 Å². The van der Waals surface area contributed by atoms with E-state index in [0.29, 0.717) is 12.0 Å². The Labute approximate surface area is 88.9 Å².